The molecule has 1 saturated carbocycles. The van der Waals surface area contributed by atoms with E-state index in [1.54, 1.807) is 35.6 Å². The lowest BCUT2D eigenvalue weighted by atomic mass is 9.93. The first-order valence-electron chi connectivity index (χ1n) is 15.2. The lowest BCUT2D eigenvalue weighted by molar-refractivity contribution is -0.192. The molecule has 1 aliphatic carbocycles. The number of carbonyl (C=O) groups is 1. The molecule has 0 bridgehead atoms. The Morgan fingerprint density at radius 1 is 1.20 bits per heavy atom. The molecule has 2 atom stereocenters. The van der Waals surface area contributed by atoms with Crippen molar-refractivity contribution in [3.63, 3.8) is 0 Å². The summed E-state index contributed by atoms with van der Waals surface area (Å²) in [6.07, 6.45) is 7.57. The fourth-order valence-electron chi connectivity index (χ4n) is 5.74. The van der Waals surface area contributed by atoms with Crippen molar-refractivity contribution in [3.8, 4) is 0 Å². The molecule has 0 aromatic carbocycles. The fraction of sp³-hybridized carbons (Fsp3) is 0.581. The predicted octanol–water partition coefficient (Wildman–Crippen LogP) is 6.97. The minimum atomic E-state index is -4.19. The first-order valence-corrected chi connectivity index (χ1v) is 16.4. The summed E-state index contributed by atoms with van der Waals surface area (Å²) in [7, 11) is 0. The van der Waals surface area contributed by atoms with E-state index in [0.29, 0.717) is 5.82 Å². The molecular weight excluding hydrogens is 613 g/mol. The monoisotopic (exact) mass is 652 g/mol. The number of amides is 1. The van der Waals surface area contributed by atoms with Crippen molar-refractivity contribution in [3.05, 3.63) is 59.1 Å². The van der Waals surface area contributed by atoms with E-state index in [4.69, 9.17) is 16.3 Å². The van der Waals surface area contributed by atoms with Crippen LogP contribution in [0.25, 0.3) is 0 Å². The minimum absolute atomic E-state index is 0.0161. The normalized spacial score (nSPS) is 22.0. The van der Waals surface area contributed by atoms with Crippen LogP contribution in [-0.4, -0.2) is 47.0 Å². The van der Waals surface area contributed by atoms with Gasteiger partial charge in [-0.15, -0.1) is 0 Å². The van der Waals surface area contributed by atoms with E-state index in [1.807, 2.05) is 12.1 Å². The number of carbonyl (C=O) groups excluding carboxylic acids is 1. The number of aryl methyl sites for hydroxylation is 1. The molecule has 2 fully saturated rings. The number of hydrogen-bond donors (Lipinski definition) is 3. The van der Waals surface area contributed by atoms with Crippen LogP contribution in [0.3, 0.4) is 0 Å². The summed E-state index contributed by atoms with van der Waals surface area (Å²) in [6, 6.07) is 7.13. The van der Waals surface area contributed by atoms with Crippen LogP contribution >= 0.6 is 23.5 Å². The summed E-state index contributed by atoms with van der Waals surface area (Å²) in [4.78, 5) is 22.4. The van der Waals surface area contributed by atoms with Gasteiger partial charge < -0.3 is 10.1 Å². The molecule has 0 radical (unpaired) electrons. The van der Waals surface area contributed by atoms with E-state index in [2.05, 4.69) is 39.3 Å². The topological polar surface area (TPSA) is 91.4 Å². The van der Waals surface area contributed by atoms with Crippen LogP contribution in [0.1, 0.15) is 81.3 Å². The average Bonchev–Trinajstić information content (AvgIpc) is 3.50. The maximum atomic E-state index is 13.1. The first-order chi connectivity index (χ1) is 20.9. The quantitative estimate of drug-likeness (QED) is 0.115. The first kappa shape index (κ1) is 33.0. The second-order valence-corrected chi connectivity index (χ2v) is 13.9. The highest BCUT2D eigenvalue weighted by molar-refractivity contribution is 7.98. The van der Waals surface area contributed by atoms with Crippen LogP contribution in [0.15, 0.2) is 47.6 Å². The zero-order valence-corrected chi connectivity index (χ0v) is 26.6. The van der Waals surface area contributed by atoms with Crippen molar-refractivity contribution < 1.29 is 22.7 Å². The SMILES string of the molecule is CC1(C)CC(CCCCCc2ccc(SNC(=O)c3ccc(N4C=CC(OCCC5(C(F)(F)F)CC5)N4)nc3Cl)cn2)CN1. The molecule has 2 aliphatic heterocycles. The Kier molecular flexibility index (Phi) is 10.5. The summed E-state index contributed by atoms with van der Waals surface area (Å²) < 4.78 is 47.7. The molecule has 1 saturated heterocycles. The van der Waals surface area contributed by atoms with Crippen molar-refractivity contribution >= 4 is 35.3 Å². The van der Waals surface area contributed by atoms with E-state index < -0.39 is 23.7 Å². The van der Waals surface area contributed by atoms with E-state index in [1.165, 1.54) is 25.7 Å². The number of hydrogen-bond acceptors (Lipinski definition) is 8. The van der Waals surface area contributed by atoms with Gasteiger partial charge in [-0.3, -0.25) is 19.5 Å². The van der Waals surface area contributed by atoms with Crippen LogP contribution in [0.5, 0.6) is 0 Å². The Morgan fingerprint density at radius 3 is 2.68 bits per heavy atom. The number of ether oxygens (including phenoxy) is 1. The molecule has 3 N–H and O–H groups in total. The Morgan fingerprint density at radius 2 is 2.02 bits per heavy atom. The average molecular weight is 653 g/mol. The largest absolute Gasteiger partial charge is 0.394 e. The van der Waals surface area contributed by atoms with Gasteiger partial charge in [-0.1, -0.05) is 24.4 Å². The summed E-state index contributed by atoms with van der Waals surface area (Å²) in [5.41, 5.74) is 2.93. The second-order valence-electron chi connectivity index (χ2n) is 12.6. The number of aromatic nitrogens is 2. The van der Waals surface area contributed by atoms with Gasteiger partial charge in [0.05, 0.1) is 11.0 Å². The fourth-order valence-corrected chi connectivity index (χ4v) is 6.54. The zero-order valence-electron chi connectivity index (χ0n) is 25.1. The van der Waals surface area contributed by atoms with Crippen LogP contribution in [0, 0.1) is 11.3 Å². The maximum absolute atomic E-state index is 13.1. The summed E-state index contributed by atoms with van der Waals surface area (Å²) in [6.45, 7) is 5.66. The van der Waals surface area contributed by atoms with Gasteiger partial charge in [0.1, 0.15) is 17.2 Å². The molecule has 5 rings (SSSR count). The Bertz CT molecular complexity index is 1320. The highest BCUT2D eigenvalue weighted by Crippen LogP contribution is 2.59. The molecule has 3 aliphatic rings. The Labute approximate surface area is 266 Å². The standard InChI is InChI=1S/C31H40ClF3N6O2S/c1-29(2)18-21(19-37-29)6-4-3-5-7-22-8-9-23(20-36-22)44-40-28(42)24-10-11-25(38-27(24)32)41-16-12-26(39-41)43-17-15-30(13-14-30)31(33,34)35/h8-12,16,20-21,26,37,39H,3-7,13-15,17-19H2,1-2H3,(H,40,42). The van der Waals surface area contributed by atoms with Gasteiger partial charge in [-0.25, -0.2) is 4.98 Å². The van der Waals surface area contributed by atoms with Crippen molar-refractivity contribution in [2.45, 2.75) is 94.5 Å². The molecule has 2 aromatic rings. The molecule has 4 heterocycles. The molecule has 240 valence electrons. The predicted molar refractivity (Wildman–Crippen MR) is 166 cm³/mol. The van der Waals surface area contributed by atoms with Gasteiger partial charge in [0, 0.05) is 35.1 Å². The molecule has 0 spiro atoms. The molecule has 8 nitrogen and oxygen atoms in total. The zero-order chi connectivity index (χ0) is 31.4. The van der Waals surface area contributed by atoms with Gasteiger partial charge >= 0.3 is 6.18 Å². The summed E-state index contributed by atoms with van der Waals surface area (Å²) >= 11 is 7.49. The lowest BCUT2D eigenvalue weighted by Crippen LogP contribution is -2.38. The van der Waals surface area contributed by atoms with E-state index in [-0.39, 0.29) is 42.1 Å². The maximum Gasteiger partial charge on any atom is 0.394 e. The smallest absolute Gasteiger partial charge is 0.358 e. The van der Waals surface area contributed by atoms with Gasteiger partial charge in [0.2, 0.25) is 0 Å². The van der Waals surface area contributed by atoms with Crippen molar-refractivity contribution in [2.24, 2.45) is 11.3 Å². The Balaban J connectivity index is 1.00. The number of nitrogens with zero attached hydrogens (tertiary/aromatic N) is 3. The van der Waals surface area contributed by atoms with Gasteiger partial charge in [0.15, 0.2) is 0 Å². The number of halogens is 4. The van der Waals surface area contributed by atoms with Gasteiger partial charge in [-0.05, 0) is 114 Å². The molecule has 2 unspecified atom stereocenters. The molecule has 2 aromatic heterocycles. The van der Waals surface area contributed by atoms with E-state index in [9.17, 15) is 18.0 Å². The third-order valence-corrected chi connectivity index (χ3v) is 9.66. The number of nitrogens with one attached hydrogen (secondary N) is 3. The minimum Gasteiger partial charge on any atom is -0.358 e. The summed E-state index contributed by atoms with van der Waals surface area (Å²) in [5, 5.41) is 5.16. The van der Waals surface area contributed by atoms with Crippen molar-refractivity contribution in [2.75, 3.05) is 18.2 Å². The number of rotatable bonds is 14. The van der Waals surface area contributed by atoms with Gasteiger partial charge in [-0.2, -0.15) is 18.6 Å². The van der Waals surface area contributed by atoms with Crippen LogP contribution < -0.4 is 20.5 Å². The third-order valence-electron chi connectivity index (χ3n) is 8.61. The molecule has 13 heteroatoms. The lowest BCUT2D eigenvalue weighted by Gasteiger charge is -2.22. The number of pyridine rings is 2. The number of alkyl halides is 3. The van der Waals surface area contributed by atoms with Gasteiger partial charge in [0.25, 0.3) is 5.91 Å². The van der Waals surface area contributed by atoms with Crippen molar-refractivity contribution in [1.82, 2.24) is 25.4 Å². The number of unbranched alkanes of at least 4 members (excludes halogenated alkanes) is 2. The third kappa shape index (κ3) is 8.66. The van der Waals surface area contributed by atoms with Crippen LogP contribution in [0.4, 0.5) is 19.0 Å². The van der Waals surface area contributed by atoms with Crippen LogP contribution in [0.2, 0.25) is 5.15 Å². The summed E-state index contributed by atoms with van der Waals surface area (Å²) in [5.74, 6) is 0.804. The second kappa shape index (κ2) is 13.9. The Hall–Kier alpha value is -2.38. The molecule has 44 heavy (non-hydrogen) atoms. The van der Waals surface area contributed by atoms with Crippen molar-refractivity contribution in [1.29, 1.82) is 0 Å². The van der Waals surface area contributed by atoms with Crippen LogP contribution in [-0.2, 0) is 11.2 Å². The van der Waals surface area contributed by atoms with E-state index in [0.717, 1.165) is 47.8 Å². The molecule has 1 amide bonds. The number of hydrazine groups is 1. The number of anilines is 1. The van der Waals surface area contributed by atoms with E-state index >= 15 is 0 Å². The highest BCUT2D eigenvalue weighted by Gasteiger charge is 2.62. The molecular formula is C31H40ClF3N6O2S. The highest BCUT2D eigenvalue weighted by atomic mass is 35.5.